The minimum Gasteiger partial charge on any atom is -1.00 e. The van der Waals surface area contributed by atoms with Gasteiger partial charge in [-0.15, -0.1) is 0 Å². The molecule has 0 fully saturated rings. The number of pyridine rings is 1. The van der Waals surface area contributed by atoms with E-state index in [0.717, 1.165) is 33.7 Å². The van der Waals surface area contributed by atoms with Crippen molar-refractivity contribution in [2.75, 3.05) is 14.2 Å². The van der Waals surface area contributed by atoms with Gasteiger partial charge in [0.05, 0.1) is 19.6 Å². The van der Waals surface area contributed by atoms with Gasteiger partial charge in [0.25, 0.3) is 0 Å². The zero-order valence-corrected chi connectivity index (χ0v) is 16.4. The highest BCUT2D eigenvalue weighted by Crippen LogP contribution is 2.33. The van der Waals surface area contributed by atoms with Crippen molar-refractivity contribution in [2.24, 2.45) is 0 Å². The number of fused-ring (bicyclic) bond motifs is 1. The Labute approximate surface area is 162 Å². The topological polar surface area (TPSA) is 22.3 Å². The summed E-state index contributed by atoms with van der Waals surface area (Å²) in [5.41, 5.74) is 4.75. The second kappa shape index (κ2) is 9.96. The molecule has 0 saturated heterocycles. The standard InChI is InChI=1S/C20H22NO2.BF3.FH/c1-13-6-8-17(9-7-13)21-14(2)10-16-11-18(22-4)12-19(23-5)20(16)15(21)3;2-1(3)4;/h6-12H,1-5H3;;1H/q+1;;/p-1. The van der Waals surface area contributed by atoms with E-state index in [1.54, 1.807) is 14.2 Å². The largest absolute Gasteiger partial charge is 1.00 e. The second-order valence-electron chi connectivity index (χ2n) is 6.08. The number of methoxy groups -OCH3 is 2. The van der Waals surface area contributed by atoms with Crippen LogP contribution in [0.1, 0.15) is 17.0 Å². The number of hydrogen-bond acceptors (Lipinski definition) is 2. The van der Waals surface area contributed by atoms with Crippen molar-refractivity contribution in [1.82, 2.24) is 0 Å². The molecule has 0 bridgehead atoms. The molecular formula is C20H22BF4NO2. The summed E-state index contributed by atoms with van der Waals surface area (Å²) in [6.45, 7) is 6.35. The molecule has 0 aliphatic heterocycles. The Morgan fingerprint density at radius 2 is 1.43 bits per heavy atom. The monoisotopic (exact) mass is 395 g/mol. The van der Waals surface area contributed by atoms with Crippen LogP contribution in [0.3, 0.4) is 0 Å². The van der Waals surface area contributed by atoms with E-state index in [-0.39, 0.29) is 4.70 Å². The van der Waals surface area contributed by atoms with E-state index in [0.29, 0.717) is 0 Å². The van der Waals surface area contributed by atoms with Gasteiger partial charge < -0.3 is 14.2 Å². The van der Waals surface area contributed by atoms with Crippen LogP contribution in [-0.4, -0.2) is 21.8 Å². The Bertz CT molecular complexity index is 931. The molecule has 8 heteroatoms. The quantitative estimate of drug-likeness (QED) is 0.384. The summed E-state index contributed by atoms with van der Waals surface area (Å²) in [4.78, 5) is 0. The Hall–Kier alpha value is -2.77. The maximum Gasteiger partial charge on any atom is 0.762 e. The van der Waals surface area contributed by atoms with Crippen molar-refractivity contribution in [2.45, 2.75) is 20.8 Å². The highest BCUT2D eigenvalue weighted by atomic mass is 19.4. The first-order chi connectivity index (χ1) is 12.8. The Balaban J connectivity index is 0.000000717. The molecule has 28 heavy (non-hydrogen) atoms. The van der Waals surface area contributed by atoms with Crippen LogP contribution in [0.2, 0.25) is 0 Å². The van der Waals surface area contributed by atoms with Crippen LogP contribution in [0.4, 0.5) is 12.9 Å². The van der Waals surface area contributed by atoms with E-state index in [9.17, 15) is 12.9 Å². The summed E-state index contributed by atoms with van der Waals surface area (Å²) in [6, 6.07) is 14.7. The fourth-order valence-corrected chi connectivity index (χ4v) is 3.15. The highest BCUT2D eigenvalue weighted by molar-refractivity contribution is 6.33. The first kappa shape index (κ1) is 23.3. The van der Waals surface area contributed by atoms with Crippen molar-refractivity contribution in [3.63, 3.8) is 0 Å². The normalized spacial score (nSPS) is 9.86. The van der Waals surface area contributed by atoms with Crippen molar-refractivity contribution in [1.29, 1.82) is 0 Å². The lowest BCUT2D eigenvalue weighted by Gasteiger charge is -2.12. The van der Waals surface area contributed by atoms with Crippen LogP contribution in [0, 0.1) is 20.8 Å². The SMILES string of the molecule is COc1cc(OC)c2c(C)[n+](-c3ccc(C)cc3)c(C)cc2c1.FB(F)F.[F-]. The molecule has 1 aromatic heterocycles. The number of nitrogens with zero attached hydrogens (tertiary/aromatic N) is 1. The number of benzene rings is 2. The van der Waals surface area contributed by atoms with Gasteiger partial charge in [-0.1, -0.05) is 17.7 Å². The number of halogens is 4. The number of aromatic nitrogens is 1. The third-order valence-corrected chi connectivity index (χ3v) is 4.27. The zero-order chi connectivity index (χ0) is 20.1. The van der Waals surface area contributed by atoms with Crippen molar-refractivity contribution >= 4 is 18.3 Å². The molecule has 0 radical (unpaired) electrons. The highest BCUT2D eigenvalue weighted by Gasteiger charge is 2.21. The lowest BCUT2D eigenvalue weighted by molar-refractivity contribution is -0.607. The van der Waals surface area contributed by atoms with E-state index in [2.05, 4.69) is 61.7 Å². The van der Waals surface area contributed by atoms with Crippen molar-refractivity contribution < 1.29 is 31.7 Å². The Kier molecular flexibility index (Phi) is 8.28. The molecule has 2 aromatic carbocycles. The van der Waals surface area contributed by atoms with Crippen LogP contribution < -0.4 is 18.7 Å². The smallest absolute Gasteiger partial charge is 0.762 e. The molecule has 3 nitrogen and oxygen atoms in total. The molecule has 150 valence electrons. The number of aryl methyl sites for hydroxylation is 3. The van der Waals surface area contributed by atoms with E-state index in [1.807, 2.05) is 6.07 Å². The second-order valence-corrected chi connectivity index (χ2v) is 6.08. The summed E-state index contributed by atoms with van der Waals surface area (Å²) >= 11 is 0. The van der Waals surface area contributed by atoms with Crippen LogP contribution in [0.25, 0.3) is 16.5 Å². The zero-order valence-electron chi connectivity index (χ0n) is 16.4. The summed E-state index contributed by atoms with van der Waals surface area (Å²) in [6.07, 6.45) is 0. The molecule has 0 N–H and O–H groups in total. The lowest BCUT2D eigenvalue weighted by Crippen LogP contribution is -3.00. The molecule has 0 unspecified atom stereocenters. The molecule has 3 aromatic rings. The summed E-state index contributed by atoms with van der Waals surface area (Å²) in [5.74, 6) is 1.64. The predicted molar refractivity (Wildman–Crippen MR) is 102 cm³/mol. The third kappa shape index (κ3) is 5.15. The summed E-state index contributed by atoms with van der Waals surface area (Å²) in [7, 11) is -0.292. The van der Waals surface area contributed by atoms with E-state index in [1.165, 1.54) is 11.3 Å². The van der Waals surface area contributed by atoms with Crippen LogP contribution in [0.5, 0.6) is 11.5 Å². The van der Waals surface area contributed by atoms with E-state index < -0.39 is 7.54 Å². The van der Waals surface area contributed by atoms with Gasteiger partial charge >= 0.3 is 7.54 Å². The average molecular weight is 395 g/mol. The molecule has 1 heterocycles. The fourth-order valence-electron chi connectivity index (χ4n) is 3.15. The van der Waals surface area contributed by atoms with Crippen LogP contribution >= 0.6 is 0 Å². The number of ether oxygens (including phenoxy) is 2. The molecule has 0 saturated carbocycles. The summed E-state index contributed by atoms with van der Waals surface area (Å²) < 4.78 is 42.3. The lowest BCUT2D eigenvalue weighted by atomic mass is 10.1. The first-order valence-electron chi connectivity index (χ1n) is 8.35. The van der Waals surface area contributed by atoms with Gasteiger partial charge in [0.1, 0.15) is 11.5 Å². The van der Waals surface area contributed by atoms with Crippen LogP contribution in [-0.2, 0) is 0 Å². The average Bonchev–Trinajstić information content (AvgIpc) is 2.61. The first-order valence-corrected chi connectivity index (χ1v) is 8.35. The molecule has 0 atom stereocenters. The minimum atomic E-state index is -3.67. The molecule has 0 amide bonds. The maximum atomic E-state index is 9.67. The van der Waals surface area contributed by atoms with Gasteiger partial charge in [0, 0.05) is 43.5 Å². The van der Waals surface area contributed by atoms with Gasteiger partial charge in [0.15, 0.2) is 11.4 Å². The number of hydrogen-bond donors (Lipinski definition) is 0. The maximum absolute atomic E-state index is 9.67. The molecule has 0 aliphatic rings. The summed E-state index contributed by atoms with van der Waals surface area (Å²) in [5, 5.41) is 2.24. The Morgan fingerprint density at radius 3 is 1.93 bits per heavy atom. The van der Waals surface area contributed by atoms with Crippen molar-refractivity contribution in [3.05, 3.63) is 59.4 Å². The van der Waals surface area contributed by atoms with Gasteiger partial charge in [-0.3, -0.25) is 12.9 Å². The van der Waals surface area contributed by atoms with E-state index in [4.69, 9.17) is 9.47 Å². The third-order valence-electron chi connectivity index (χ3n) is 4.27. The van der Waals surface area contributed by atoms with Gasteiger partial charge in [-0.25, -0.2) is 0 Å². The van der Waals surface area contributed by atoms with Crippen molar-refractivity contribution in [3.8, 4) is 17.2 Å². The molecule has 3 rings (SSSR count). The van der Waals surface area contributed by atoms with Gasteiger partial charge in [0.2, 0.25) is 5.69 Å². The molecule has 0 aliphatic carbocycles. The van der Waals surface area contributed by atoms with Crippen LogP contribution in [0.15, 0.2) is 42.5 Å². The fraction of sp³-hybridized carbons (Fsp3) is 0.250. The van der Waals surface area contributed by atoms with E-state index >= 15 is 0 Å². The minimum absolute atomic E-state index is 0. The molecule has 0 spiro atoms. The predicted octanol–water partition coefficient (Wildman–Crippen LogP) is 1.94. The molecular weight excluding hydrogens is 373 g/mol. The van der Waals surface area contributed by atoms with Gasteiger partial charge in [-0.2, -0.15) is 4.57 Å². The number of rotatable bonds is 3. The Morgan fingerprint density at radius 1 is 0.857 bits per heavy atom. The van der Waals surface area contributed by atoms with Gasteiger partial charge in [-0.05, 0) is 13.0 Å².